The summed E-state index contributed by atoms with van der Waals surface area (Å²) in [5, 5.41) is 7.38. The number of aryl methyl sites for hydroxylation is 2. The lowest BCUT2D eigenvalue weighted by molar-refractivity contribution is 0.370. The zero-order chi connectivity index (χ0) is 14.9. The van der Waals surface area contributed by atoms with Crippen LogP contribution in [0, 0.1) is 12.7 Å². The Bertz CT molecular complexity index is 620. The molecular weight excluding hydrogens is 304 g/mol. The van der Waals surface area contributed by atoms with Crippen LogP contribution in [0.25, 0.3) is 0 Å². The Balaban J connectivity index is 2.21. The van der Waals surface area contributed by atoms with Gasteiger partial charge in [0.1, 0.15) is 0 Å². The number of rotatable bonds is 4. The highest BCUT2D eigenvalue weighted by Gasteiger charge is 2.14. The van der Waals surface area contributed by atoms with Gasteiger partial charge in [0, 0.05) is 19.3 Å². The van der Waals surface area contributed by atoms with E-state index in [1.54, 1.807) is 18.8 Å². The van der Waals surface area contributed by atoms with Crippen molar-refractivity contribution in [2.75, 3.05) is 12.4 Å². The monoisotopic (exact) mass is 317 g/mol. The van der Waals surface area contributed by atoms with E-state index >= 15 is 0 Å². The lowest BCUT2D eigenvalue weighted by atomic mass is 10.2. The molecule has 0 saturated carbocycles. The lowest BCUT2D eigenvalue weighted by Gasteiger charge is -2.09. The zero-order valence-corrected chi connectivity index (χ0v) is 12.8. The smallest absolute Gasteiger partial charge is 0.216 e. The van der Waals surface area contributed by atoms with Crippen LogP contribution in [0.4, 0.5) is 10.1 Å². The van der Waals surface area contributed by atoms with Gasteiger partial charge in [-0.2, -0.15) is 5.10 Å². The summed E-state index contributed by atoms with van der Waals surface area (Å²) in [6.45, 7) is 2.37. The maximum absolute atomic E-state index is 13.3. The summed E-state index contributed by atoms with van der Waals surface area (Å²) in [4.78, 5) is 0. The first kappa shape index (κ1) is 14.9. The second kappa shape index (κ2) is 5.89. The predicted octanol–water partition coefficient (Wildman–Crippen LogP) is 3.80. The normalized spacial score (nSPS) is 10.7. The van der Waals surface area contributed by atoms with Gasteiger partial charge in [-0.25, -0.2) is 9.07 Å². The molecule has 1 aromatic heterocycles. The molecule has 0 fully saturated rings. The Hall–Kier alpha value is -1.46. The van der Waals surface area contributed by atoms with Crippen LogP contribution in [-0.2, 0) is 13.6 Å². The first-order valence-corrected chi connectivity index (χ1v) is 6.64. The summed E-state index contributed by atoms with van der Waals surface area (Å²) in [6.07, 6.45) is 0. The maximum Gasteiger partial charge on any atom is 0.216 e. The van der Waals surface area contributed by atoms with Crippen LogP contribution in [0.15, 0.2) is 12.1 Å². The van der Waals surface area contributed by atoms with E-state index in [2.05, 4.69) is 10.4 Å². The Morgan fingerprint density at radius 2 is 1.95 bits per heavy atom. The lowest BCUT2D eigenvalue weighted by Crippen LogP contribution is -2.03. The Morgan fingerprint density at radius 1 is 1.35 bits per heavy atom. The van der Waals surface area contributed by atoms with E-state index in [0.29, 0.717) is 18.1 Å². The van der Waals surface area contributed by atoms with E-state index in [1.807, 2.05) is 6.92 Å². The molecule has 0 aliphatic carbocycles. The van der Waals surface area contributed by atoms with Gasteiger partial charge in [0.15, 0.2) is 5.82 Å². The van der Waals surface area contributed by atoms with Crippen molar-refractivity contribution >= 4 is 28.9 Å². The molecule has 4 nitrogen and oxygen atoms in total. The molecule has 0 amide bonds. The van der Waals surface area contributed by atoms with Crippen LogP contribution in [0.5, 0.6) is 5.88 Å². The number of benzene rings is 1. The fraction of sp³-hybridized carbons (Fsp3) is 0.308. The first-order chi connectivity index (χ1) is 9.43. The van der Waals surface area contributed by atoms with Crippen molar-refractivity contribution in [3.05, 3.63) is 39.3 Å². The number of methoxy groups -OCH3 is 1. The molecule has 0 aliphatic heterocycles. The number of halogens is 3. The fourth-order valence-corrected chi connectivity index (χ4v) is 2.47. The molecular formula is C13H14Cl2FN3O. The van der Waals surface area contributed by atoms with Crippen molar-refractivity contribution in [3.8, 4) is 5.88 Å². The third-order valence-corrected chi connectivity index (χ3v) is 3.49. The predicted molar refractivity (Wildman–Crippen MR) is 78.2 cm³/mol. The van der Waals surface area contributed by atoms with Crippen molar-refractivity contribution in [3.63, 3.8) is 0 Å². The number of hydrogen-bond donors (Lipinski definition) is 1. The van der Waals surface area contributed by atoms with Gasteiger partial charge in [-0.3, -0.25) is 0 Å². The average molecular weight is 318 g/mol. The highest BCUT2D eigenvalue weighted by Crippen LogP contribution is 2.28. The Kier molecular flexibility index (Phi) is 4.40. The van der Waals surface area contributed by atoms with Crippen LogP contribution in [0.1, 0.15) is 11.3 Å². The minimum Gasteiger partial charge on any atom is -0.481 e. The third kappa shape index (κ3) is 2.83. The number of aromatic nitrogens is 2. The quantitative estimate of drug-likeness (QED) is 0.872. The molecule has 1 heterocycles. The molecule has 0 aliphatic rings. The summed E-state index contributed by atoms with van der Waals surface area (Å²) in [7, 11) is 3.40. The van der Waals surface area contributed by atoms with Crippen molar-refractivity contribution < 1.29 is 9.13 Å². The average Bonchev–Trinajstić information content (AvgIpc) is 2.67. The molecule has 0 atom stereocenters. The minimum absolute atomic E-state index is 0.0186. The van der Waals surface area contributed by atoms with Gasteiger partial charge >= 0.3 is 0 Å². The maximum atomic E-state index is 13.3. The summed E-state index contributed by atoms with van der Waals surface area (Å²) >= 11 is 11.5. The highest BCUT2D eigenvalue weighted by atomic mass is 35.5. The molecule has 20 heavy (non-hydrogen) atoms. The molecule has 0 saturated heterocycles. The van der Waals surface area contributed by atoms with Gasteiger partial charge in [0.05, 0.1) is 28.4 Å². The van der Waals surface area contributed by atoms with Crippen LogP contribution < -0.4 is 10.1 Å². The van der Waals surface area contributed by atoms with Gasteiger partial charge in [0.2, 0.25) is 5.88 Å². The van der Waals surface area contributed by atoms with Gasteiger partial charge in [-0.05, 0) is 19.1 Å². The van der Waals surface area contributed by atoms with Crippen LogP contribution >= 0.6 is 23.2 Å². The Labute approximate surface area is 126 Å². The van der Waals surface area contributed by atoms with Crippen molar-refractivity contribution in [2.24, 2.45) is 7.05 Å². The van der Waals surface area contributed by atoms with Crippen LogP contribution in [0.2, 0.25) is 10.0 Å². The number of nitrogens with zero attached hydrogens (tertiary/aromatic N) is 2. The summed E-state index contributed by atoms with van der Waals surface area (Å²) < 4.78 is 20.3. The van der Waals surface area contributed by atoms with Gasteiger partial charge in [-0.1, -0.05) is 23.2 Å². The summed E-state index contributed by atoms with van der Waals surface area (Å²) in [5.74, 6) is 0.0586. The fourth-order valence-electron chi connectivity index (χ4n) is 1.99. The van der Waals surface area contributed by atoms with Gasteiger partial charge in [0.25, 0.3) is 0 Å². The van der Waals surface area contributed by atoms with Crippen molar-refractivity contribution in [2.45, 2.75) is 13.5 Å². The summed E-state index contributed by atoms with van der Waals surface area (Å²) in [6, 6.07) is 2.97. The van der Waals surface area contributed by atoms with Crippen LogP contribution in [-0.4, -0.2) is 16.9 Å². The van der Waals surface area contributed by atoms with Crippen molar-refractivity contribution in [1.29, 1.82) is 0 Å². The largest absolute Gasteiger partial charge is 0.481 e. The summed E-state index contributed by atoms with van der Waals surface area (Å²) in [5.41, 5.74) is 2.41. The molecule has 0 unspecified atom stereocenters. The minimum atomic E-state index is -0.617. The number of nitrogens with one attached hydrogen (secondary N) is 1. The molecule has 1 aromatic carbocycles. The Morgan fingerprint density at radius 3 is 2.50 bits per heavy atom. The SMILES string of the molecule is COc1c(CNc2cc(Cl)c(F)c(Cl)c2)c(C)nn1C. The second-order valence-corrected chi connectivity index (χ2v) is 5.12. The van der Waals surface area contributed by atoms with Crippen molar-refractivity contribution in [1.82, 2.24) is 9.78 Å². The van der Waals surface area contributed by atoms with E-state index in [-0.39, 0.29) is 10.0 Å². The van der Waals surface area contributed by atoms with E-state index in [9.17, 15) is 4.39 Å². The van der Waals surface area contributed by atoms with E-state index < -0.39 is 5.82 Å². The standard InChI is InChI=1S/C13H14Cl2FN3O/c1-7-9(13(20-3)19(2)18-7)6-17-8-4-10(14)12(16)11(15)5-8/h4-5,17H,6H2,1-3H3. The topological polar surface area (TPSA) is 39.1 Å². The molecule has 2 rings (SSSR count). The van der Waals surface area contributed by atoms with E-state index in [4.69, 9.17) is 27.9 Å². The molecule has 0 spiro atoms. The zero-order valence-electron chi connectivity index (χ0n) is 11.3. The molecule has 1 N–H and O–H groups in total. The molecule has 108 valence electrons. The molecule has 2 aromatic rings. The van der Waals surface area contributed by atoms with E-state index in [0.717, 1.165) is 11.3 Å². The highest BCUT2D eigenvalue weighted by molar-refractivity contribution is 6.35. The number of hydrogen-bond acceptors (Lipinski definition) is 3. The molecule has 0 bridgehead atoms. The van der Waals surface area contributed by atoms with Gasteiger partial charge in [-0.15, -0.1) is 0 Å². The molecule has 7 heteroatoms. The molecule has 0 radical (unpaired) electrons. The van der Waals surface area contributed by atoms with E-state index in [1.165, 1.54) is 12.1 Å². The first-order valence-electron chi connectivity index (χ1n) is 5.89. The third-order valence-electron chi connectivity index (χ3n) is 2.94. The second-order valence-electron chi connectivity index (χ2n) is 4.30. The van der Waals surface area contributed by atoms with Crippen LogP contribution in [0.3, 0.4) is 0 Å². The number of anilines is 1. The van der Waals surface area contributed by atoms with Gasteiger partial charge < -0.3 is 10.1 Å². The number of ether oxygens (including phenoxy) is 1.